The van der Waals surface area contributed by atoms with Crippen LogP contribution in [-0.2, 0) is 0 Å². The van der Waals surface area contributed by atoms with Crippen molar-refractivity contribution in [3.8, 4) is 0 Å². The second kappa shape index (κ2) is 2.01. The second-order valence-electron chi connectivity index (χ2n) is 2.08. The number of hydrogen-bond donors (Lipinski definition) is 0. The average Bonchev–Trinajstić information content (AvgIpc) is 1.85. The van der Waals surface area contributed by atoms with Gasteiger partial charge in [0, 0.05) is 0 Å². The van der Waals surface area contributed by atoms with Crippen molar-refractivity contribution in [1.82, 2.24) is 0 Å². The minimum absolute atomic E-state index is 0.752. The summed E-state index contributed by atoms with van der Waals surface area (Å²) in [5.41, 5.74) is 0. The molecule has 2 rings (SSSR count). The van der Waals surface area contributed by atoms with Crippen LogP contribution in [0, 0.1) is 5.92 Å². The summed E-state index contributed by atoms with van der Waals surface area (Å²) in [4.78, 5) is 0. The van der Waals surface area contributed by atoms with E-state index in [9.17, 15) is 0 Å². The fourth-order valence-electron chi connectivity index (χ4n) is 0.954. The molecule has 0 radical (unpaired) electrons. The number of halogens is 2. The molecule has 2 atom stereocenters. The van der Waals surface area contributed by atoms with Crippen molar-refractivity contribution < 1.29 is 42.4 Å². The molecule has 0 saturated carbocycles. The molecule has 0 nitrogen and oxygen atoms in total. The van der Waals surface area contributed by atoms with Gasteiger partial charge in [0.15, 0.2) is 0 Å². The third-order valence-electron chi connectivity index (χ3n) is 1.56. The van der Waals surface area contributed by atoms with Crippen LogP contribution in [0.2, 0.25) is 0 Å². The molecule has 0 aromatic rings. The van der Waals surface area contributed by atoms with Crippen molar-refractivity contribution >= 4 is 0 Å². The van der Waals surface area contributed by atoms with Crippen LogP contribution in [0.1, 0.15) is 0 Å². The molecule has 0 spiro atoms. The summed E-state index contributed by atoms with van der Waals surface area (Å²) in [6, 6.07) is 0. The molecule has 0 bridgehead atoms. The number of hydrogen-bond acceptors (Lipinski definition) is 0. The van der Waals surface area contributed by atoms with E-state index >= 15 is 0 Å². The van der Waals surface area contributed by atoms with Gasteiger partial charge < -0.3 is 0 Å². The van der Waals surface area contributed by atoms with Crippen LogP contribution in [0.3, 0.4) is 0 Å². The van der Waals surface area contributed by atoms with Gasteiger partial charge in [-0.1, -0.05) is 0 Å². The van der Waals surface area contributed by atoms with Crippen molar-refractivity contribution in [2.75, 3.05) is 13.3 Å². The van der Waals surface area contributed by atoms with Gasteiger partial charge in [-0.2, -0.15) is 0 Å². The Morgan fingerprint density at radius 3 is 2.43 bits per heavy atom. The Kier molecular flexibility index (Phi) is 1.51. The van der Waals surface area contributed by atoms with Crippen LogP contribution in [0.25, 0.3) is 0 Å². The first-order chi connectivity index (χ1) is 3.47. The molecule has 0 aromatic heterocycles. The van der Waals surface area contributed by atoms with Crippen LogP contribution >= 0.6 is 0 Å². The predicted molar refractivity (Wildman–Crippen MR) is 21.9 cm³/mol. The van der Waals surface area contributed by atoms with Crippen LogP contribution in [-0.4, -0.2) is 17.2 Å². The van der Waals surface area contributed by atoms with Gasteiger partial charge in [-0.3, -0.25) is 0 Å². The maximum atomic E-state index is 1.72. The van der Waals surface area contributed by atoms with Gasteiger partial charge in [0.25, 0.3) is 0 Å². The summed E-state index contributed by atoms with van der Waals surface area (Å²) in [5.74, 6) is 1.29. The van der Waals surface area contributed by atoms with Crippen molar-refractivity contribution in [3.05, 3.63) is 0 Å². The van der Waals surface area contributed by atoms with Crippen molar-refractivity contribution in [1.29, 1.82) is 0 Å². The topological polar surface area (TPSA) is 0 Å². The number of fused-ring (bicyclic) bond motifs is 1. The summed E-state index contributed by atoms with van der Waals surface area (Å²) in [6.45, 7) is 0. The van der Waals surface area contributed by atoms with Crippen molar-refractivity contribution in [3.63, 3.8) is 0 Å². The molecule has 2 unspecified atom stereocenters. The molecule has 0 N–H and O–H groups in total. The Hall–Kier alpha value is 1.46. The van der Waals surface area contributed by atoms with Crippen molar-refractivity contribution in [2.45, 2.75) is 3.92 Å². The second-order valence-corrected chi connectivity index (χ2v) is 8.28. The Balaban J connectivity index is 2.03. The van der Waals surface area contributed by atoms with E-state index in [0.717, 1.165) is 42.4 Å². The van der Waals surface area contributed by atoms with Crippen molar-refractivity contribution in [2.24, 2.45) is 5.92 Å². The molecule has 2 heteroatoms. The quantitative estimate of drug-likeness (QED) is 0.308. The summed E-state index contributed by atoms with van der Waals surface area (Å²) in [7, 11) is 0. The summed E-state index contributed by atoms with van der Waals surface area (Å²) >= 11 is 1.53. The van der Waals surface area contributed by atoms with Gasteiger partial charge in [0.05, 0.1) is 0 Å². The fraction of sp³-hybridized carbons (Fsp3) is 1.00. The van der Waals surface area contributed by atoms with E-state index < -0.39 is 0 Å². The zero-order valence-corrected chi connectivity index (χ0v) is 8.35. The summed E-state index contributed by atoms with van der Waals surface area (Å²) in [5, 5.41) is 0. The monoisotopic (exact) mass is 322 g/mol. The molecule has 2 fully saturated rings. The molecule has 2 saturated heterocycles. The van der Waals surface area contributed by atoms with E-state index in [1.807, 2.05) is 0 Å². The molecule has 44 valence electrons. The normalized spacial score (nSPS) is 50.3. The first kappa shape index (κ1) is 5.26. The zero-order chi connectivity index (χ0) is 4.69. The molecular formula is C5H8I2-2. The van der Waals surface area contributed by atoms with Gasteiger partial charge in [0.1, 0.15) is 0 Å². The number of alkyl halides is 4. The number of rotatable bonds is 0. The summed E-state index contributed by atoms with van der Waals surface area (Å²) < 4.78 is 6.47. The molecule has 2 heterocycles. The van der Waals surface area contributed by atoms with E-state index in [0.29, 0.717) is 0 Å². The Bertz CT molecular complexity index is 72.1. The Morgan fingerprint density at radius 1 is 1.14 bits per heavy atom. The first-order valence-corrected chi connectivity index (χ1v) is 8.40. The van der Waals surface area contributed by atoms with E-state index in [-0.39, 0.29) is 0 Å². The van der Waals surface area contributed by atoms with E-state index in [1.165, 1.54) is 9.84 Å². The third kappa shape index (κ3) is 0.821. The zero-order valence-electron chi connectivity index (χ0n) is 4.03. The first-order valence-electron chi connectivity index (χ1n) is 2.58. The van der Waals surface area contributed by atoms with Crippen LogP contribution < -0.4 is 42.4 Å². The molecule has 0 aliphatic carbocycles. The Labute approximate surface area is 65.0 Å². The molecular weight excluding hydrogens is 314 g/mol. The van der Waals surface area contributed by atoms with Gasteiger partial charge in [-0.15, -0.1) is 0 Å². The SMILES string of the molecule is C1[I-]CC2[I-]CC12. The Morgan fingerprint density at radius 2 is 2.14 bits per heavy atom. The predicted octanol–water partition coefficient (Wildman–Crippen LogP) is -5.82. The molecule has 0 aromatic carbocycles. The van der Waals surface area contributed by atoms with Gasteiger partial charge in [0.2, 0.25) is 0 Å². The molecule has 2 aliphatic heterocycles. The summed E-state index contributed by atoms with van der Waals surface area (Å²) in [6.07, 6.45) is 0. The molecule has 2 aliphatic rings. The van der Waals surface area contributed by atoms with Crippen LogP contribution in [0.4, 0.5) is 0 Å². The van der Waals surface area contributed by atoms with E-state index in [2.05, 4.69) is 0 Å². The van der Waals surface area contributed by atoms with Crippen LogP contribution in [0.5, 0.6) is 0 Å². The van der Waals surface area contributed by atoms with E-state index in [1.54, 1.807) is 13.3 Å². The third-order valence-corrected chi connectivity index (χ3v) is 10.8. The molecule has 7 heavy (non-hydrogen) atoms. The fourth-order valence-corrected chi connectivity index (χ4v) is 12.4. The van der Waals surface area contributed by atoms with Gasteiger partial charge in [-0.25, -0.2) is 0 Å². The standard InChI is InChI=1S/C5H8I2/c1-4-2-7-5(4)3-6-1/h4-5H,1-3H2/q-2. The van der Waals surface area contributed by atoms with Crippen LogP contribution in [0.15, 0.2) is 0 Å². The average molecular weight is 322 g/mol. The minimum atomic E-state index is 0.752. The van der Waals surface area contributed by atoms with E-state index in [4.69, 9.17) is 0 Å². The maximum absolute atomic E-state index is 1.72. The molecule has 0 amide bonds. The van der Waals surface area contributed by atoms with Gasteiger partial charge in [-0.05, 0) is 0 Å². The van der Waals surface area contributed by atoms with Gasteiger partial charge >= 0.3 is 65.5 Å².